The van der Waals surface area contributed by atoms with E-state index >= 15 is 0 Å². The van der Waals surface area contributed by atoms with Gasteiger partial charge in [-0.25, -0.2) is 0 Å². The van der Waals surface area contributed by atoms with Crippen molar-refractivity contribution in [3.05, 3.63) is 22.4 Å². The first-order chi connectivity index (χ1) is 8.56. The molecule has 3 rings (SSSR count). The van der Waals surface area contributed by atoms with Crippen LogP contribution in [0.25, 0.3) is 0 Å². The summed E-state index contributed by atoms with van der Waals surface area (Å²) < 4.78 is 6.29. The highest BCUT2D eigenvalue weighted by Crippen LogP contribution is 2.48. The first-order valence-electron chi connectivity index (χ1n) is 6.97. The lowest BCUT2D eigenvalue weighted by atomic mass is 9.69. The summed E-state index contributed by atoms with van der Waals surface area (Å²) in [6, 6.07) is 4.19. The van der Waals surface area contributed by atoms with Gasteiger partial charge >= 0.3 is 0 Å². The zero-order chi connectivity index (χ0) is 12.8. The van der Waals surface area contributed by atoms with E-state index in [-0.39, 0.29) is 12.2 Å². The van der Waals surface area contributed by atoms with Crippen molar-refractivity contribution in [3.8, 4) is 0 Å². The van der Waals surface area contributed by atoms with Gasteiger partial charge in [0.15, 0.2) is 0 Å². The van der Waals surface area contributed by atoms with Crippen LogP contribution in [0.3, 0.4) is 0 Å². The standard InChI is InChI=1S/C15H22O2S/c1-10-5-6-11-12(8-10)17-13(9-15(11,2)16)14-4-3-7-18-14/h3-4,7,10-13,16H,5-6,8-9H2,1-2H3/t10-,11-,12-,13-,15-/m1/s1. The topological polar surface area (TPSA) is 29.5 Å². The lowest BCUT2D eigenvalue weighted by Crippen LogP contribution is -2.51. The molecule has 0 bridgehead atoms. The van der Waals surface area contributed by atoms with Gasteiger partial charge in [-0.15, -0.1) is 11.3 Å². The van der Waals surface area contributed by atoms with Gasteiger partial charge in [0.2, 0.25) is 0 Å². The molecule has 0 aromatic carbocycles. The highest BCUT2D eigenvalue weighted by molar-refractivity contribution is 7.10. The van der Waals surface area contributed by atoms with Crippen LogP contribution in [0, 0.1) is 11.8 Å². The fourth-order valence-corrected chi connectivity index (χ4v) is 4.38. The summed E-state index contributed by atoms with van der Waals surface area (Å²) >= 11 is 1.73. The second kappa shape index (κ2) is 4.62. The highest BCUT2D eigenvalue weighted by atomic mass is 32.1. The van der Waals surface area contributed by atoms with Crippen LogP contribution in [0.15, 0.2) is 17.5 Å². The predicted molar refractivity (Wildman–Crippen MR) is 73.7 cm³/mol. The van der Waals surface area contributed by atoms with E-state index in [1.54, 1.807) is 11.3 Å². The molecule has 5 atom stereocenters. The Hall–Kier alpha value is -0.380. The van der Waals surface area contributed by atoms with E-state index in [0.717, 1.165) is 25.2 Å². The minimum Gasteiger partial charge on any atom is -0.390 e. The molecule has 0 unspecified atom stereocenters. The maximum Gasteiger partial charge on any atom is 0.0948 e. The van der Waals surface area contributed by atoms with Crippen molar-refractivity contribution in [1.82, 2.24) is 0 Å². The molecule has 1 saturated carbocycles. The van der Waals surface area contributed by atoms with Gasteiger partial charge in [-0.2, -0.15) is 0 Å². The molecule has 1 aromatic heterocycles. The lowest BCUT2D eigenvalue weighted by molar-refractivity contribution is -0.196. The monoisotopic (exact) mass is 266 g/mol. The molecular formula is C15H22O2S. The van der Waals surface area contributed by atoms with Gasteiger partial charge in [0.1, 0.15) is 0 Å². The van der Waals surface area contributed by atoms with Gasteiger partial charge in [-0.05, 0) is 37.1 Å². The van der Waals surface area contributed by atoms with Crippen molar-refractivity contribution in [3.63, 3.8) is 0 Å². The summed E-state index contributed by atoms with van der Waals surface area (Å²) in [7, 11) is 0. The van der Waals surface area contributed by atoms with Crippen LogP contribution in [0.4, 0.5) is 0 Å². The molecule has 2 heterocycles. The summed E-state index contributed by atoms with van der Waals surface area (Å²) in [6.45, 7) is 4.30. The molecule has 0 spiro atoms. The molecule has 0 amide bonds. The van der Waals surface area contributed by atoms with Crippen molar-refractivity contribution in [2.24, 2.45) is 11.8 Å². The van der Waals surface area contributed by atoms with Crippen LogP contribution in [-0.4, -0.2) is 16.8 Å². The van der Waals surface area contributed by atoms with Crippen LogP contribution in [0.2, 0.25) is 0 Å². The Morgan fingerprint density at radius 2 is 2.28 bits per heavy atom. The fourth-order valence-electron chi connectivity index (χ4n) is 3.62. The Labute approximate surface area is 113 Å². The summed E-state index contributed by atoms with van der Waals surface area (Å²) in [5.74, 6) is 1.05. The lowest BCUT2D eigenvalue weighted by Gasteiger charge is -2.49. The number of aliphatic hydroxyl groups is 1. The Morgan fingerprint density at radius 1 is 1.44 bits per heavy atom. The Morgan fingerprint density at radius 3 is 3.00 bits per heavy atom. The average molecular weight is 266 g/mol. The predicted octanol–water partition coefficient (Wildman–Crippen LogP) is 3.77. The van der Waals surface area contributed by atoms with E-state index in [1.165, 1.54) is 11.3 Å². The highest BCUT2D eigenvalue weighted by Gasteiger charge is 2.47. The minimum atomic E-state index is -0.572. The van der Waals surface area contributed by atoms with Crippen LogP contribution < -0.4 is 0 Å². The second-order valence-corrected chi connectivity index (χ2v) is 7.24. The molecular weight excluding hydrogens is 244 g/mol. The zero-order valence-electron chi connectivity index (χ0n) is 11.1. The molecule has 3 heteroatoms. The molecule has 0 radical (unpaired) electrons. The SMILES string of the molecule is C[C@@H]1CC[C@@H]2[C@@H](C1)O[C@@H](c1cccs1)C[C@@]2(C)O. The molecule has 2 aliphatic rings. The van der Waals surface area contributed by atoms with Crippen LogP contribution in [-0.2, 0) is 4.74 Å². The van der Waals surface area contributed by atoms with E-state index in [0.29, 0.717) is 5.92 Å². The van der Waals surface area contributed by atoms with Crippen molar-refractivity contribution in [2.45, 2.75) is 57.3 Å². The van der Waals surface area contributed by atoms with Crippen molar-refractivity contribution >= 4 is 11.3 Å². The molecule has 1 saturated heterocycles. The molecule has 18 heavy (non-hydrogen) atoms. The average Bonchev–Trinajstić information content (AvgIpc) is 2.80. The summed E-state index contributed by atoms with van der Waals surface area (Å²) in [5, 5.41) is 12.8. The van der Waals surface area contributed by atoms with Crippen LogP contribution in [0.1, 0.15) is 50.5 Å². The molecule has 1 aromatic rings. The molecule has 100 valence electrons. The fraction of sp³-hybridized carbons (Fsp3) is 0.733. The second-order valence-electron chi connectivity index (χ2n) is 6.26. The minimum absolute atomic E-state index is 0.0894. The number of hydrogen-bond donors (Lipinski definition) is 1. The maximum atomic E-state index is 10.7. The van der Waals surface area contributed by atoms with Crippen molar-refractivity contribution in [1.29, 1.82) is 0 Å². The molecule has 1 aliphatic heterocycles. The van der Waals surface area contributed by atoms with Gasteiger partial charge in [-0.1, -0.05) is 19.4 Å². The normalized spacial score (nSPS) is 44.6. The largest absolute Gasteiger partial charge is 0.390 e. The summed E-state index contributed by atoms with van der Waals surface area (Å²) in [4.78, 5) is 1.26. The third-order valence-electron chi connectivity index (χ3n) is 4.65. The Kier molecular flexibility index (Phi) is 3.25. The van der Waals surface area contributed by atoms with Crippen LogP contribution >= 0.6 is 11.3 Å². The quantitative estimate of drug-likeness (QED) is 0.838. The smallest absolute Gasteiger partial charge is 0.0948 e. The molecule has 1 N–H and O–H groups in total. The Balaban J connectivity index is 1.82. The van der Waals surface area contributed by atoms with E-state index in [4.69, 9.17) is 4.74 Å². The first kappa shape index (κ1) is 12.6. The first-order valence-corrected chi connectivity index (χ1v) is 7.85. The Bertz CT molecular complexity index is 399. The number of thiophene rings is 1. The third-order valence-corrected chi connectivity index (χ3v) is 5.62. The molecule has 2 fully saturated rings. The number of hydrogen-bond acceptors (Lipinski definition) is 3. The summed E-state index contributed by atoms with van der Waals surface area (Å²) in [6.07, 6.45) is 4.50. The van der Waals surface area contributed by atoms with Crippen molar-refractivity contribution in [2.75, 3.05) is 0 Å². The zero-order valence-corrected chi connectivity index (χ0v) is 12.0. The van der Waals surface area contributed by atoms with E-state index in [9.17, 15) is 5.11 Å². The molecule has 2 nitrogen and oxygen atoms in total. The van der Waals surface area contributed by atoms with Gasteiger partial charge in [0.25, 0.3) is 0 Å². The molecule has 1 aliphatic carbocycles. The van der Waals surface area contributed by atoms with Gasteiger partial charge in [0, 0.05) is 17.2 Å². The number of rotatable bonds is 1. The van der Waals surface area contributed by atoms with E-state index < -0.39 is 5.60 Å². The summed E-state index contributed by atoms with van der Waals surface area (Å²) in [5.41, 5.74) is -0.572. The van der Waals surface area contributed by atoms with Gasteiger partial charge in [-0.3, -0.25) is 0 Å². The van der Waals surface area contributed by atoms with Crippen molar-refractivity contribution < 1.29 is 9.84 Å². The van der Waals surface area contributed by atoms with E-state index in [2.05, 4.69) is 24.4 Å². The number of ether oxygens (including phenoxy) is 1. The third kappa shape index (κ3) is 2.24. The van der Waals surface area contributed by atoms with Gasteiger partial charge < -0.3 is 9.84 Å². The van der Waals surface area contributed by atoms with E-state index in [1.807, 2.05) is 6.92 Å². The maximum absolute atomic E-state index is 10.7. The number of fused-ring (bicyclic) bond motifs is 1. The van der Waals surface area contributed by atoms with Gasteiger partial charge in [0.05, 0.1) is 17.8 Å². The van der Waals surface area contributed by atoms with Crippen LogP contribution in [0.5, 0.6) is 0 Å².